The summed E-state index contributed by atoms with van der Waals surface area (Å²) < 4.78 is 39.2. The lowest BCUT2D eigenvalue weighted by atomic mass is 9.92. The van der Waals surface area contributed by atoms with Crippen LogP contribution in [0.4, 0.5) is 4.39 Å². The zero-order valence-electron chi connectivity index (χ0n) is 15.7. The summed E-state index contributed by atoms with van der Waals surface area (Å²) in [5, 5.41) is 13.3. The summed E-state index contributed by atoms with van der Waals surface area (Å²) in [5.41, 5.74) is 0.635. The van der Waals surface area contributed by atoms with Gasteiger partial charge in [-0.05, 0) is 38.1 Å². The predicted octanol–water partition coefficient (Wildman–Crippen LogP) is 5.67. The average Bonchev–Trinajstić information content (AvgIpc) is 3.24. The highest BCUT2D eigenvalue weighted by molar-refractivity contribution is 8.25. The van der Waals surface area contributed by atoms with Gasteiger partial charge in [-0.15, -0.1) is 10.2 Å². The van der Waals surface area contributed by atoms with Crippen LogP contribution in [0.5, 0.6) is 0 Å². The van der Waals surface area contributed by atoms with Crippen molar-refractivity contribution in [1.82, 2.24) is 15.4 Å². The van der Waals surface area contributed by atoms with Crippen LogP contribution in [0.15, 0.2) is 39.8 Å². The fourth-order valence-electron chi connectivity index (χ4n) is 2.34. The highest BCUT2D eigenvalue weighted by atomic mass is 32.3. The van der Waals surface area contributed by atoms with Gasteiger partial charge in [-0.1, -0.05) is 37.3 Å². The number of benzene rings is 1. The Balaban J connectivity index is 1.94. The van der Waals surface area contributed by atoms with E-state index in [1.54, 1.807) is 13.8 Å². The summed E-state index contributed by atoms with van der Waals surface area (Å²) in [6.07, 6.45) is 0. The van der Waals surface area contributed by atoms with Gasteiger partial charge in [0, 0.05) is 11.5 Å². The average molecular weight is 412 g/mol. The van der Waals surface area contributed by atoms with Gasteiger partial charge in [0.05, 0.1) is 10.6 Å². The maximum atomic E-state index is 13.2. The van der Waals surface area contributed by atoms with E-state index < -0.39 is 21.2 Å². The Bertz CT molecular complexity index is 943. The summed E-state index contributed by atoms with van der Waals surface area (Å²) >= 11 is 1.21. The second-order valence-electron chi connectivity index (χ2n) is 7.75. The van der Waals surface area contributed by atoms with E-state index in [-0.39, 0.29) is 10.3 Å². The molecule has 0 unspecified atom stereocenters. The van der Waals surface area contributed by atoms with Crippen molar-refractivity contribution >= 4 is 21.9 Å². The molecule has 0 bridgehead atoms. The normalized spacial score (nSPS) is 13.8. The van der Waals surface area contributed by atoms with E-state index in [1.807, 2.05) is 26.8 Å². The lowest BCUT2D eigenvalue weighted by Crippen LogP contribution is -2.26. The van der Waals surface area contributed by atoms with Crippen LogP contribution in [0.25, 0.3) is 10.8 Å². The first kappa shape index (κ1) is 19.9. The van der Waals surface area contributed by atoms with Gasteiger partial charge in [-0.25, -0.2) is 4.39 Å². The number of rotatable bonds is 4. The zero-order valence-corrected chi connectivity index (χ0v) is 17.4. The molecule has 146 valence electrons. The Kier molecular flexibility index (Phi) is 4.92. The van der Waals surface area contributed by atoms with Gasteiger partial charge in [0.2, 0.25) is 0 Å². The number of hydrogen-bond donors (Lipinski definition) is 2. The molecule has 0 atom stereocenters. The second kappa shape index (κ2) is 6.66. The minimum atomic E-state index is -3.30. The van der Waals surface area contributed by atoms with E-state index in [1.165, 1.54) is 35.6 Å². The predicted molar refractivity (Wildman–Crippen MR) is 105 cm³/mol. The molecule has 2 N–H and O–H groups in total. The Hall–Kier alpha value is -1.81. The van der Waals surface area contributed by atoms with Crippen molar-refractivity contribution < 1.29 is 18.0 Å². The third kappa shape index (κ3) is 3.64. The molecular formula is C18H22FN3O3S2. The van der Waals surface area contributed by atoms with Crippen LogP contribution in [0.2, 0.25) is 0 Å². The summed E-state index contributed by atoms with van der Waals surface area (Å²) in [7, 11) is -3.30. The fraction of sp³-hybridized carbons (Fsp3) is 0.389. The van der Waals surface area contributed by atoms with Crippen LogP contribution < -0.4 is 0 Å². The van der Waals surface area contributed by atoms with Crippen LogP contribution in [0, 0.1) is 5.82 Å². The van der Waals surface area contributed by atoms with E-state index in [4.69, 9.17) is 4.52 Å². The summed E-state index contributed by atoms with van der Waals surface area (Å²) in [6.45, 7) is 9.44. The highest BCUT2D eigenvalue weighted by Gasteiger charge is 2.41. The SMILES string of the molecule is CC(C)(C)c1cc(-c2nnc(C(C)(C)S(O)(O)c3ccc(F)cc3)s2)on1. The summed E-state index contributed by atoms with van der Waals surface area (Å²) in [4.78, 5) is 0.250. The quantitative estimate of drug-likeness (QED) is 0.574. The Morgan fingerprint density at radius 3 is 2.22 bits per heavy atom. The van der Waals surface area contributed by atoms with Crippen LogP contribution in [0.3, 0.4) is 0 Å². The number of hydrogen-bond acceptors (Lipinski definition) is 7. The van der Waals surface area contributed by atoms with Gasteiger partial charge in [-0.2, -0.15) is 10.6 Å². The summed E-state index contributed by atoms with van der Waals surface area (Å²) in [5.74, 6) is 0.0441. The monoisotopic (exact) mass is 411 g/mol. The molecule has 3 rings (SSSR count). The molecule has 0 aliphatic carbocycles. The van der Waals surface area contributed by atoms with Gasteiger partial charge in [0.1, 0.15) is 15.6 Å². The molecule has 0 saturated carbocycles. The lowest BCUT2D eigenvalue weighted by molar-refractivity contribution is 0.402. The molecule has 0 radical (unpaired) electrons. The number of nitrogens with zero attached hydrogens (tertiary/aromatic N) is 3. The molecule has 3 aromatic rings. The molecule has 0 amide bonds. The lowest BCUT2D eigenvalue weighted by Gasteiger charge is -2.45. The topological polar surface area (TPSA) is 92.3 Å². The number of halogens is 1. The first-order valence-electron chi connectivity index (χ1n) is 8.28. The molecule has 27 heavy (non-hydrogen) atoms. The molecule has 0 aliphatic rings. The third-order valence-electron chi connectivity index (χ3n) is 4.28. The highest BCUT2D eigenvalue weighted by Crippen LogP contribution is 2.63. The molecule has 0 aliphatic heterocycles. The summed E-state index contributed by atoms with van der Waals surface area (Å²) in [6, 6.07) is 6.97. The van der Waals surface area contributed by atoms with Crippen molar-refractivity contribution in [3.63, 3.8) is 0 Å². The molecule has 9 heteroatoms. The molecule has 0 fully saturated rings. The van der Waals surface area contributed by atoms with Crippen molar-refractivity contribution in [3.8, 4) is 10.8 Å². The molecule has 2 aromatic heterocycles. The second-order valence-corrected chi connectivity index (χ2v) is 11.3. The van der Waals surface area contributed by atoms with Crippen LogP contribution >= 0.6 is 21.9 Å². The van der Waals surface area contributed by atoms with Crippen molar-refractivity contribution in [2.45, 2.75) is 49.7 Å². The zero-order chi connectivity index (χ0) is 20.0. The molecular weight excluding hydrogens is 389 g/mol. The van der Waals surface area contributed by atoms with E-state index in [0.29, 0.717) is 15.8 Å². The Labute approximate surface area is 162 Å². The van der Waals surface area contributed by atoms with Crippen LogP contribution in [-0.2, 0) is 10.2 Å². The maximum Gasteiger partial charge on any atom is 0.197 e. The van der Waals surface area contributed by atoms with Crippen molar-refractivity contribution in [1.29, 1.82) is 0 Å². The van der Waals surface area contributed by atoms with Gasteiger partial charge in [-0.3, -0.25) is 9.11 Å². The molecule has 1 aromatic carbocycles. The van der Waals surface area contributed by atoms with Gasteiger partial charge in [0.15, 0.2) is 10.8 Å². The van der Waals surface area contributed by atoms with E-state index in [9.17, 15) is 13.5 Å². The molecule has 2 heterocycles. The molecule has 6 nitrogen and oxygen atoms in total. The number of aromatic nitrogens is 3. The minimum Gasteiger partial charge on any atom is -0.353 e. The van der Waals surface area contributed by atoms with E-state index in [0.717, 1.165) is 5.69 Å². The Morgan fingerprint density at radius 1 is 1.04 bits per heavy atom. The first-order valence-corrected chi connectivity index (χ1v) is 10.6. The standard InChI is InChI=1S/C18H22FN3O3S2/c1-17(2,3)14-10-13(25-22-14)15-20-21-16(26-15)18(4,5)27(23,24)12-8-6-11(19)7-9-12/h6-10,23-24H,1-5H3. The molecule has 0 spiro atoms. The van der Waals surface area contributed by atoms with Crippen LogP contribution in [-0.4, -0.2) is 24.5 Å². The minimum absolute atomic E-state index is 0.160. The Morgan fingerprint density at radius 2 is 1.67 bits per heavy atom. The fourth-order valence-corrected chi connectivity index (χ4v) is 4.99. The third-order valence-corrected chi connectivity index (χ3v) is 8.22. The van der Waals surface area contributed by atoms with Gasteiger partial charge < -0.3 is 4.52 Å². The van der Waals surface area contributed by atoms with E-state index >= 15 is 0 Å². The van der Waals surface area contributed by atoms with Gasteiger partial charge in [0.25, 0.3) is 0 Å². The molecule has 0 saturated heterocycles. The smallest absolute Gasteiger partial charge is 0.197 e. The van der Waals surface area contributed by atoms with E-state index in [2.05, 4.69) is 15.4 Å². The van der Waals surface area contributed by atoms with Gasteiger partial charge >= 0.3 is 0 Å². The van der Waals surface area contributed by atoms with Crippen molar-refractivity contribution in [2.24, 2.45) is 0 Å². The first-order chi connectivity index (χ1) is 12.4. The van der Waals surface area contributed by atoms with Crippen LogP contribution in [0.1, 0.15) is 45.3 Å². The maximum absolute atomic E-state index is 13.2. The van der Waals surface area contributed by atoms with Crippen molar-refractivity contribution in [3.05, 3.63) is 46.9 Å². The van der Waals surface area contributed by atoms with Crippen molar-refractivity contribution in [2.75, 3.05) is 0 Å². The largest absolute Gasteiger partial charge is 0.353 e.